The molecule has 3 unspecified atom stereocenters. The van der Waals surface area contributed by atoms with Crippen molar-refractivity contribution in [3.05, 3.63) is 93.6 Å². The van der Waals surface area contributed by atoms with Gasteiger partial charge in [-0.05, 0) is 60.0 Å². The molecule has 8 heteroatoms. The molecule has 2 amide bonds. The van der Waals surface area contributed by atoms with E-state index in [0.29, 0.717) is 28.7 Å². The minimum absolute atomic E-state index is 0.0752. The largest absolute Gasteiger partial charge is 0.497 e. The van der Waals surface area contributed by atoms with E-state index >= 15 is 0 Å². The average molecular weight is 496 g/mol. The Morgan fingerprint density at radius 2 is 1.82 bits per heavy atom. The van der Waals surface area contributed by atoms with Crippen LogP contribution in [0.5, 0.6) is 5.75 Å². The van der Waals surface area contributed by atoms with Crippen molar-refractivity contribution >= 4 is 40.7 Å². The number of carbonyl (C=O) groups is 2. The number of fused-ring (bicyclic) bond motifs is 2. The van der Waals surface area contributed by atoms with Crippen LogP contribution in [0.2, 0.25) is 5.02 Å². The summed E-state index contributed by atoms with van der Waals surface area (Å²) < 4.78 is 5.31. The summed E-state index contributed by atoms with van der Waals surface area (Å²) in [5.41, 5.74) is 3.57. The van der Waals surface area contributed by atoms with Gasteiger partial charge in [0.05, 0.1) is 19.2 Å². The molecule has 0 radical (unpaired) electrons. The van der Waals surface area contributed by atoms with Crippen LogP contribution in [-0.2, 0) is 9.59 Å². The third-order valence-electron chi connectivity index (χ3n) is 6.45. The van der Waals surface area contributed by atoms with Crippen molar-refractivity contribution in [2.24, 2.45) is 5.92 Å². The van der Waals surface area contributed by atoms with Crippen LogP contribution < -0.4 is 15.4 Å². The van der Waals surface area contributed by atoms with Crippen molar-refractivity contribution in [1.82, 2.24) is 10.2 Å². The highest BCUT2D eigenvalue weighted by atomic mass is 35.5. The highest BCUT2D eigenvalue weighted by molar-refractivity contribution is 6.39. The summed E-state index contributed by atoms with van der Waals surface area (Å²) in [7, 11) is 1.61. The third kappa shape index (κ3) is 4.19. The Hall–Kier alpha value is -3.22. The number of ether oxygens (including phenoxy) is 1. The summed E-state index contributed by atoms with van der Waals surface area (Å²) in [6.07, 6.45) is 6.65. The van der Waals surface area contributed by atoms with E-state index in [1.807, 2.05) is 30.3 Å². The van der Waals surface area contributed by atoms with Crippen LogP contribution in [0.15, 0.2) is 83.1 Å². The zero-order chi connectivity index (χ0) is 23.8. The Morgan fingerprint density at radius 3 is 2.53 bits per heavy atom. The first kappa shape index (κ1) is 22.6. The third-order valence-corrected chi connectivity index (χ3v) is 6.96. The Balaban J connectivity index is 1.48. The molecular weight excluding hydrogens is 473 g/mol. The van der Waals surface area contributed by atoms with Crippen LogP contribution in [0, 0.1) is 5.92 Å². The second-order valence-corrected chi connectivity index (χ2v) is 9.30. The molecule has 2 aliphatic heterocycles. The van der Waals surface area contributed by atoms with Gasteiger partial charge in [-0.2, -0.15) is 0 Å². The number of hydrogen-bond donors (Lipinski definition) is 2. The summed E-state index contributed by atoms with van der Waals surface area (Å²) >= 11 is 12.2. The van der Waals surface area contributed by atoms with Gasteiger partial charge in [-0.1, -0.05) is 47.5 Å². The summed E-state index contributed by atoms with van der Waals surface area (Å²) in [5.74, 6) is -0.433. The average Bonchev–Trinajstić information content (AvgIpc) is 3.22. The van der Waals surface area contributed by atoms with Crippen LogP contribution in [0.1, 0.15) is 18.0 Å². The number of halogens is 2. The van der Waals surface area contributed by atoms with Crippen LogP contribution in [0.4, 0.5) is 5.69 Å². The van der Waals surface area contributed by atoms with E-state index in [1.165, 1.54) is 5.57 Å². The molecule has 3 atom stereocenters. The number of benzene rings is 2. The van der Waals surface area contributed by atoms with Gasteiger partial charge in [-0.25, -0.2) is 0 Å². The quantitative estimate of drug-likeness (QED) is 0.600. The molecule has 0 saturated heterocycles. The molecule has 0 bridgehead atoms. The van der Waals surface area contributed by atoms with Crippen molar-refractivity contribution in [3.63, 3.8) is 0 Å². The molecule has 2 heterocycles. The van der Waals surface area contributed by atoms with Crippen LogP contribution in [0.25, 0.3) is 0 Å². The summed E-state index contributed by atoms with van der Waals surface area (Å²) in [4.78, 5) is 28.0. The van der Waals surface area contributed by atoms with E-state index in [0.717, 1.165) is 17.0 Å². The molecule has 0 aromatic heterocycles. The molecular formula is C26H23Cl2N3O3. The maximum Gasteiger partial charge on any atom is 0.313 e. The molecule has 0 saturated carbocycles. The lowest BCUT2D eigenvalue weighted by Gasteiger charge is -2.37. The van der Waals surface area contributed by atoms with E-state index in [4.69, 9.17) is 27.9 Å². The van der Waals surface area contributed by atoms with Gasteiger partial charge in [-0.15, -0.1) is 0 Å². The zero-order valence-corrected chi connectivity index (χ0v) is 19.9. The molecule has 2 aromatic rings. The highest BCUT2D eigenvalue weighted by Crippen LogP contribution is 2.44. The van der Waals surface area contributed by atoms with Gasteiger partial charge in [0, 0.05) is 33.9 Å². The minimum Gasteiger partial charge on any atom is -0.497 e. The molecule has 0 fully saturated rings. The summed E-state index contributed by atoms with van der Waals surface area (Å²) in [5, 5.41) is 7.54. The Morgan fingerprint density at radius 1 is 1.09 bits per heavy atom. The van der Waals surface area contributed by atoms with Gasteiger partial charge in [0.25, 0.3) is 0 Å². The first-order valence-electron chi connectivity index (χ1n) is 11.0. The zero-order valence-electron chi connectivity index (χ0n) is 18.4. The van der Waals surface area contributed by atoms with Gasteiger partial charge in [0.15, 0.2) is 0 Å². The molecule has 3 aliphatic rings. The lowest BCUT2D eigenvalue weighted by molar-refractivity contribution is -0.144. The Bertz CT molecular complexity index is 1220. The predicted molar refractivity (Wildman–Crippen MR) is 133 cm³/mol. The van der Waals surface area contributed by atoms with Gasteiger partial charge in [-0.3, -0.25) is 9.59 Å². The van der Waals surface area contributed by atoms with Gasteiger partial charge in [0.2, 0.25) is 0 Å². The fourth-order valence-corrected chi connectivity index (χ4v) is 5.17. The summed E-state index contributed by atoms with van der Waals surface area (Å²) in [6, 6.07) is 13.9. The Kier molecular flexibility index (Phi) is 6.11. The maximum absolute atomic E-state index is 13.4. The number of rotatable bonds is 3. The second-order valence-electron chi connectivity index (χ2n) is 8.43. The van der Waals surface area contributed by atoms with Crippen molar-refractivity contribution in [2.75, 3.05) is 19.0 Å². The number of anilines is 1. The predicted octanol–water partition coefficient (Wildman–Crippen LogP) is 4.80. The van der Waals surface area contributed by atoms with Crippen molar-refractivity contribution in [3.8, 4) is 5.75 Å². The number of methoxy groups -OCH3 is 1. The molecule has 34 heavy (non-hydrogen) atoms. The first-order valence-corrected chi connectivity index (χ1v) is 11.8. The standard InChI is InChI=1S/C26H23Cl2N3O3/c1-34-19-9-2-15(3-10-19)24-23-20(21-14-17(28)6-11-22(21)30-23)12-13-31(24)26(33)25(32)29-18-7-4-16(27)5-8-18/h2-11,14,21-22,24,30H,12-13H2,1H3,(H,29,32). The number of allylic oxidation sites excluding steroid dienone is 2. The molecule has 2 N–H and O–H groups in total. The van der Waals surface area contributed by atoms with E-state index < -0.39 is 17.9 Å². The number of nitrogens with zero attached hydrogens (tertiary/aromatic N) is 1. The molecule has 5 rings (SSSR count). The first-order chi connectivity index (χ1) is 16.4. The Labute approximate surface area is 207 Å². The van der Waals surface area contributed by atoms with E-state index in [9.17, 15) is 9.59 Å². The number of amides is 2. The minimum atomic E-state index is -0.692. The molecule has 0 spiro atoms. The fraction of sp³-hybridized carbons (Fsp3) is 0.231. The monoisotopic (exact) mass is 495 g/mol. The normalized spacial score (nSPS) is 23.0. The summed E-state index contributed by atoms with van der Waals surface area (Å²) in [6.45, 7) is 0.419. The van der Waals surface area contributed by atoms with Crippen LogP contribution in [-0.4, -0.2) is 36.4 Å². The van der Waals surface area contributed by atoms with Crippen molar-refractivity contribution < 1.29 is 14.3 Å². The maximum atomic E-state index is 13.4. The molecule has 2 aromatic carbocycles. The van der Waals surface area contributed by atoms with Crippen molar-refractivity contribution in [1.29, 1.82) is 0 Å². The molecule has 1 aliphatic carbocycles. The highest BCUT2D eigenvalue weighted by Gasteiger charge is 2.43. The lowest BCUT2D eigenvalue weighted by Crippen LogP contribution is -2.46. The van der Waals surface area contributed by atoms with Gasteiger partial charge in [0.1, 0.15) is 5.75 Å². The number of hydrogen-bond acceptors (Lipinski definition) is 4. The number of nitrogens with one attached hydrogen (secondary N) is 2. The topological polar surface area (TPSA) is 70.7 Å². The van der Waals surface area contributed by atoms with Gasteiger partial charge < -0.3 is 20.3 Å². The van der Waals surface area contributed by atoms with Crippen molar-refractivity contribution in [2.45, 2.75) is 18.5 Å². The SMILES string of the molecule is COc1ccc(C2C3=C(CCN2C(=O)C(=O)Nc2ccc(Cl)cc2)C2C=C(Cl)C=CC2N3)cc1. The van der Waals surface area contributed by atoms with E-state index in [-0.39, 0.29) is 12.0 Å². The second kappa shape index (κ2) is 9.20. The smallest absolute Gasteiger partial charge is 0.313 e. The van der Waals surface area contributed by atoms with Crippen LogP contribution >= 0.6 is 23.2 Å². The van der Waals surface area contributed by atoms with E-state index in [2.05, 4.69) is 22.8 Å². The molecule has 174 valence electrons. The fourth-order valence-electron chi connectivity index (χ4n) is 4.83. The lowest BCUT2D eigenvalue weighted by atomic mass is 9.85. The molecule has 6 nitrogen and oxygen atoms in total. The van der Waals surface area contributed by atoms with E-state index in [1.54, 1.807) is 36.3 Å². The van der Waals surface area contributed by atoms with Crippen LogP contribution in [0.3, 0.4) is 0 Å². The van der Waals surface area contributed by atoms with Gasteiger partial charge >= 0.3 is 11.8 Å². The number of carbonyl (C=O) groups excluding carboxylic acids is 2.